The van der Waals surface area contributed by atoms with Gasteiger partial charge in [-0.15, -0.1) is 0 Å². The molecule has 6 rings (SSSR count). The lowest BCUT2D eigenvalue weighted by molar-refractivity contribution is 0.0936. The van der Waals surface area contributed by atoms with Crippen molar-refractivity contribution < 1.29 is 4.79 Å². The highest BCUT2D eigenvalue weighted by atomic mass is 16.1. The summed E-state index contributed by atoms with van der Waals surface area (Å²) in [5.74, 6) is 2.92. The summed E-state index contributed by atoms with van der Waals surface area (Å²) in [6.07, 6.45) is 11.8. The third-order valence-corrected chi connectivity index (χ3v) is 6.68. The molecule has 3 aromatic rings. The van der Waals surface area contributed by atoms with Crippen LogP contribution < -0.4 is 16.0 Å². The number of rotatable bonds is 5. The Hall–Kier alpha value is -3.49. The van der Waals surface area contributed by atoms with Gasteiger partial charge in [-0.2, -0.15) is 5.10 Å². The maximum atomic E-state index is 12.7. The van der Waals surface area contributed by atoms with Crippen molar-refractivity contribution in [3.8, 4) is 0 Å². The van der Waals surface area contributed by atoms with Gasteiger partial charge in [0.25, 0.3) is 5.91 Å². The number of hydrogen-bond acceptors (Lipinski definition) is 7. The van der Waals surface area contributed by atoms with E-state index in [4.69, 9.17) is 5.73 Å². The molecule has 31 heavy (non-hydrogen) atoms. The van der Waals surface area contributed by atoms with Crippen LogP contribution in [0.2, 0.25) is 0 Å². The molecule has 1 saturated carbocycles. The predicted molar refractivity (Wildman–Crippen MR) is 114 cm³/mol. The monoisotopic (exact) mass is 416 g/mol. The molecular formula is C22H24N8O. The van der Waals surface area contributed by atoms with E-state index >= 15 is 0 Å². The zero-order valence-electron chi connectivity index (χ0n) is 17.1. The van der Waals surface area contributed by atoms with Crippen molar-refractivity contribution in [2.75, 3.05) is 23.7 Å². The minimum absolute atomic E-state index is 0.0475. The molecule has 9 nitrogen and oxygen atoms in total. The van der Waals surface area contributed by atoms with Crippen molar-refractivity contribution in [3.63, 3.8) is 0 Å². The average molecular weight is 416 g/mol. The number of hydrogen-bond donors (Lipinski definition) is 2. The van der Waals surface area contributed by atoms with Gasteiger partial charge in [-0.3, -0.25) is 9.48 Å². The third-order valence-electron chi connectivity index (χ3n) is 6.68. The van der Waals surface area contributed by atoms with Crippen molar-refractivity contribution in [2.45, 2.75) is 31.8 Å². The molecule has 158 valence electrons. The number of fused-ring (bicyclic) bond motifs is 2. The average Bonchev–Trinajstić information content (AvgIpc) is 3.16. The van der Waals surface area contributed by atoms with Gasteiger partial charge < -0.3 is 16.0 Å². The Morgan fingerprint density at radius 2 is 1.97 bits per heavy atom. The minimum atomic E-state index is -0.140. The summed E-state index contributed by atoms with van der Waals surface area (Å²) in [6.45, 7) is 2.68. The minimum Gasteiger partial charge on any atom is -0.383 e. The van der Waals surface area contributed by atoms with Crippen molar-refractivity contribution >= 4 is 17.7 Å². The molecule has 0 radical (unpaired) electrons. The lowest BCUT2D eigenvalue weighted by Crippen LogP contribution is -2.26. The Bertz CT molecular complexity index is 1130. The quantitative estimate of drug-likeness (QED) is 0.649. The van der Waals surface area contributed by atoms with Crippen LogP contribution in [0.25, 0.3) is 0 Å². The molecule has 0 aromatic carbocycles. The Balaban J connectivity index is 1.09. The van der Waals surface area contributed by atoms with E-state index in [-0.39, 0.29) is 11.9 Å². The van der Waals surface area contributed by atoms with Crippen LogP contribution in [0.15, 0.2) is 37.1 Å². The number of nitrogens with one attached hydrogen (secondary N) is 1. The Labute approximate surface area is 179 Å². The number of anilines is 2. The zero-order valence-corrected chi connectivity index (χ0v) is 17.1. The summed E-state index contributed by atoms with van der Waals surface area (Å²) in [4.78, 5) is 28.2. The highest BCUT2D eigenvalue weighted by Gasteiger charge is 2.45. The van der Waals surface area contributed by atoms with E-state index in [1.807, 2.05) is 18.5 Å². The Morgan fingerprint density at radius 3 is 2.77 bits per heavy atom. The zero-order chi connectivity index (χ0) is 20.9. The molecule has 3 aromatic heterocycles. The molecule has 0 spiro atoms. The Morgan fingerprint density at radius 1 is 1.16 bits per heavy atom. The van der Waals surface area contributed by atoms with E-state index in [1.54, 1.807) is 23.3 Å². The summed E-state index contributed by atoms with van der Waals surface area (Å²) >= 11 is 0. The van der Waals surface area contributed by atoms with E-state index in [9.17, 15) is 4.79 Å². The van der Waals surface area contributed by atoms with Crippen molar-refractivity contribution in [1.82, 2.24) is 30.0 Å². The van der Waals surface area contributed by atoms with E-state index in [1.165, 1.54) is 6.42 Å². The van der Waals surface area contributed by atoms with Crippen molar-refractivity contribution in [3.05, 3.63) is 59.3 Å². The van der Waals surface area contributed by atoms with Gasteiger partial charge in [0.05, 0.1) is 24.3 Å². The van der Waals surface area contributed by atoms with E-state index < -0.39 is 0 Å². The molecule has 3 atom stereocenters. The van der Waals surface area contributed by atoms with Gasteiger partial charge in [-0.25, -0.2) is 15.0 Å². The number of nitrogen functional groups attached to an aromatic ring is 1. The van der Waals surface area contributed by atoms with Crippen LogP contribution in [-0.4, -0.2) is 43.7 Å². The number of carbonyl (C=O) groups is 1. The van der Waals surface area contributed by atoms with Crippen molar-refractivity contribution in [1.29, 1.82) is 0 Å². The van der Waals surface area contributed by atoms with E-state index in [0.717, 1.165) is 60.4 Å². The summed E-state index contributed by atoms with van der Waals surface area (Å²) in [7, 11) is 0. The lowest BCUT2D eigenvalue weighted by Gasteiger charge is -2.17. The second-order valence-corrected chi connectivity index (χ2v) is 8.81. The highest BCUT2D eigenvalue weighted by molar-refractivity contribution is 5.94. The number of piperidine rings is 1. The topological polar surface area (TPSA) is 115 Å². The molecule has 1 saturated heterocycles. The summed E-state index contributed by atoms with van der Waals surface area (Å²) in [6, 6.07) is 1.88. The molecule has 1 amide bonds. The third kappa shape index (κ3) is 3.39. The number of pyridine rings is 1. The van der Waals surface area contributed by atoms with Gasteiger partial charge >= 0.3 is 0 Å². The van der Waals surface area contributed by atoms with Gasteiger partial charge in [0.2, 0.25) is 5.95 Å². The van der Waals surface area contributed by atoms with Crippen LogP contribution in [0.5, 0.6) is 0 Å². The standard InChI is InChI=1S/C22H24N8O/c23-20-18-1-2-19(17(18)3-4-24-20)28-21(31)16-8-27-30(12-16)9-13-6-25-22(26-7-13)29-10-14-5-15(14)11-29/h3-4,6-8,12,14-15,19H,1-2,5,9-11H2,(H2,23,24)(H,28,31)/t14?,15?,19-/m1/s1. The number of amides is 1. The van der Waals surface area contributed by atoms with Crippen molar-refractivity contribution in [2.24, 2.45) is 11.8 Å². The molecule has 1 aliphatic heterocycles. The second-order valence-electron chi connectivity index (χ2n) is 8.81. The van der Waals surface area contributed by atoms with Crippen LogP contribution in [-0.2, 0) is 13.0 Å². The molecule has 9 heteroatoms. The predicted octanol–water partition coefficient (Wildman–Crippen LogP) is 1.57. The molecule has 2 fully saturated rings. The number of carbonyl (C=O) groups excluding carboxylic acids is 1. The second kappa shape index (κ2) is 7.04. The van der Waals surface area contributed by atoms with E-state index in [2.05, 4.69) is 30.3 Å². The molecular weight excluding hydrogens is 392 g/mol. The summed E-state index contributed by atoms with van der Waals surface area (Å²) < 4.78 is 1.74. The number of nitrogens with two attached hydrogens (primary N) is 1. The fourth-order valence-electron chi connectivity index (χ4n) is 4.87. The van der Waals surface area contributed by atoms with Gasteiger partial charge in [0.15, 0.2) is 0 Å². The maximum Gasteiger partial charge on any atom is 0.254 e. The first-order valence-corrected chi connectivity index (χ1v) is 10.8. The van der Waals surface area contributed by atoms with Gasteiger partial charge in [0, 0.05) is 43.4 Å². The smallest absolute Gasteiger partial charge is 0.254 e. The summed E-state index contributed by atoms with van der Waals surface area (Å²) in [5, 5.41) is 7.44. The number of aromatic nitrogens is 5. The lowest BCUT2D eigenvalue weighted by atomic mass is 10.1. The molecule has 3 aliphatic rings. The van der Waals surface area contributed by atoms with Crippen LogP contribution in [0.1, 0.15) is 45.9 Å². The first kappa shape index (κ1) is 18.3. The molecule has 2 unspecified atom stereocenters. The maximum absolute atomic E-state index is 12.7. The first-order chi connectivity index (χ1) is 15.1. The SMILES string of the molecule is Nc1nccc2c1CC[C@H]2NC(=O)c1cnn(Cc2cnc(N3CC4CC4C3)nc2)c1. The highest BCUT2D eigenvalue weighted by Crippen LogP contribution is 2.45. The normalized spacial score (nSPS) is 23.5. The van der Waals surface area contributed by atoms with Crippen LogP contribution in [0, 0.1) is 11.8 Å². The van der Waals surface area contributed by atoms with E-state index in [0.29, 0.717) is 17.9 Å². The number of nitrogens with zero attached hydrogens (tertiary/aromatic N) is 6. The molecule has 0 bridgehead atoms. The van der Waals surface area contributed by atoms with Gasteiger partial charge in [-0.1, -0.05) is 0 Å². The molecule has 3 N–H and O–H groups in total. The molecule has 4 heterocycles. The van der Waals surface area contributed by atoms with Gasteiger partial charge in [-0.05, 0) is 48.3 Å². The van der Waals surface area contributed by atoms with Crippen LogP contribution in [0.4, 0.5) is 11.8 Å². The first-order valence-electron chi connectivity index (χ1n) is 10.8. The van der Waals surface area contributed by atoms with Gasteiger partial charge in [0.1, 0.15) is 5.82 Å². The summed E-state index contributed by atoms with van der Waals surface area (Å²) in [5.41, 5.74) is 9.54. The van der Waals surface area contributed by atoms with Crippen LogP contribution >= 0.6 is 0 Å². The largest absolute Gasteiger partial charge is 0.383 e. The van der Waals surface area contributed by atoms with Crippen LogP contribution in [0.3, 0.4) is 0 Å². The fourth-order valence-corrected chi connectivity index (χ4v) is 4.87. The molecule has 2 aliphatic carbocycles. The fraction of sp³-hybridized carbons (Fsp3) is 0.409. The Kier molecular flexibility index (Phi) is 4.15.